The van der Waals surface area contributed by atoms with Crippen LogP contribution >= 0.6 is 0 Å². The van der Waals surface area contributed by atoms with Crippen LogP contribution in [0.5, 0.6) is 0 Å². The maximum absolute atomic E-state index is 12.5. The number of nitrogens with zero attached hydrogens (tertiary/aromatic N) is 3. The van der Waals surface area contributed by atoms with Gasteiger partial charge in [-0.1, -0.05) is 30.3 Å². The molecule has 1 aromatic carbocycles. The third kappa shape index (κ3) is 6.96. The van der Waals surface area contributed by atoms with Gasteiger partial charge in [-0.3, -0.25) is 19.3 Å². The molecule has 154 valence electrons. The van der Waals surface area contributed by atoms with Crippen molar-refractivity contribution < 1.29 is 14.4 Å². The minimum atomic E-state index is -0.152. The van der Waals surface area contributed by atoms with Crippen LogP contribution in [0, 0.1) is 0 Å². The van der Waals surface area contributed by atoms with Gasteiger partial charge >= 0.3 is 0 Å². The summed E-state index contributed by atoms with van der Waals surface area (Å²) < 4.78 is 0. The lowest BCUT2D eigenvalue weighted by Crippen LogP contribution is -2.43. The average Bonchev–Trinajstić information content (AvgIpc) is 2.93. The summed E-state index contributed by atoms with van der Waals surface area (Å²) in [6.07, 6.45) is 1.10. The first kappa shape index (κ1) is 21.9. The van der Waals surface area contributed by atoms with E-state index in [9.17, 15) is 14.4 Å². The molecule has 0 aromatic heterocycles. The second-order valence-electron chi connectivity index (χ2n) is 7.02. The summed E-state index contributed by atoms with van der Waals surface area (Å²) in [5, 5.41) is 2.72. The minimum absolute atomic E-state index is 0.0179. The van der Waals surface area contributed by atoms with E-state index in [2.05, 4.69) is 10.2 Å². The Labute approximate surface area is 167 Å². The van der Waals surface area contributed by atoms with Crippen molar-refractivity contribution in [2.75, 3.05) is 52.4 Å². The second-order valence-corrected chi connectivity index (χ2v) is 7.02. The Bertz CT molecular complexity index is 646. The van der Waals surface area contributed by atoms with Gasteiger partial charge in [0.15, 0.2) is 0 Å². The van der Waals surface area contributed by atoms with Gasteiger partial charge in [-0.05, 0) is 25.8 Å². The number of carbonyl (C=O) groups excluding carboxylic acids is 3. The summed E-state index contributed by atoms with van der Waals surface area (Å²) in [7, 11) is 0. The van der Waals surface area contributed by atoms with Crippen molar-refractivity contribution in [3.05, 3.63) is 35.9 Å². The number of nitrogens with one attached hydrogen (secondary N) is 1. The summed E-state index contributed by atoms with van der Waals surface area (Å²) in [4.78, 5) is 42.5. The highest BCUT2D eigenvalue weighted by Crippen LogP contribution is 2.05. The minimum Gasteiger partial charge on any atom is -0.347 e. The Morgan fingerprint density at radius 2 is 1.71 bits per heavy atom. The number of likely N-dealkylation sites (N-methyl/N-ethyl adjacent to an activating group) is 1. The molecule has 2 rings (SSSR count). The Kier molecular flexibility index (Phi) is 8.94. The lowest BCUT2D eigenvalue weighted by Gasteiger charge is -2.25. The van der Waals surface area contributed by atoms with E-state index >= 15 is 0 Å². The monoisotopic (exact) mass is 388 g/mol. The molecule has 1 fully saturated rings. The van der Waals surface area contributed by atoms with Gasteiger partial charge < -0.3 is 15.1 Å². The molecule has 0 bridgehead atoms. The van der Waals surface area contributed by atoms with Crippen molar-refractivity contribution in [1.82, 2.24) is 20.0 Å². The Hall–Kier alpha value is -2.41. The predicted octanol–water partition coefficient (Wildman–Crippen LogP) is 0.748. The fraction of sp³-hybridized carbons (Fsp3) is 0.571. The maximum atomic E-state index is 12.5. The number of rotatable bonds is 8. The van der Waals surface area contributed by atoms with E-state index in [0.717, 1.165) is 31.6 Å². The molecule has 1 saturated heterocycles. The van der Waals surface area contributed by atoms with Crippen molar-refractivity contribution in [2.45, 2.75) is 26.7 Å². The van der Waals surface area contributed by atoms with Gasteiger partial charge in [-0.25, -0.2) is 0 Å². The van der Waals surface area contributed by atoms with E-state index in [1.807, 2.05) is 49.1 Å². The standard InChI is InChI=1S/C21H32N4O3/c1-3-24(4-2)21(28)17-23-11-8-12-25(14-13-23)20(27)16-22-19(26)15-18-9-6-5-7-10-18/h5-7,9-10H,3-4,8,11-17H2,1-2H3,(H,22,26). The molecule has 3 amide bonds. The smallest absolute Gasteiger partial charge is 0.242 e. The molecule has 0 radical (unpaired) electrons. The first-order valence-corrected chi connectivity index (χ1v) is 10.1. The molecular formula is C21H32N4O3. The van der Waals surface area contributed by atoms with Crippen LogP contribution in [0.25, 0.3) is 0 Å². The molecule has 1 heterocycles. The topological polar surface area (TPSA) is 73.0 Å². The van der Waals surface area contributed by atoms with Crippen LogP contribution in [0.15, 0.2) is 30.3 Å². The number of hydrogen-bond acceptors (Lipinski definition) is 4. The quantitative estimate of drug-likeness (QED) is 0.713. The molecule has 7 nitrogen and oxygen atoms in total. The molecule has 0 spiro atoms. The zero-order valence-corrected chi connectivity index (χ0v) is 17.0. The molecule has 0 atom stereocenters. The van der Waals surface area contributed by atoms with Crippen LogP contribution in [0.2, 0.25) is 0 Å². The zero-order chi connectivity index (χ0) is 20.4. The molecule has 0 unspecified atom stereocenters. The van der Waals surface area contributed by atoms with Crippen molar-refractivity contribution in [3.8, 4) is 0 Å². The molecule has 7 heteroatoms. The highest BCUT2D eigenvalue weighted by atomic mass is 16.2. The molecule has 28 heavy (non-hydrogen) atoms. The van der Waals surface area contributed by atoms with E-state index in [0.29, 0.717) is 26.2 Å². The summed E-state index contributed by atoms with van der Waals surface area (Å²) >= 11 is 0. The van der Waals surface area contributed by atoms with Crippen molar-refractivity contribution in [2.24, 2.45) is 0 Å². The first-order valence-electron chi connectivity index (χ1n) is 10.1. The summed E-state index contributed by atoms with van der Waals surface area (Å²) in [6, 6.07) is 9.47. The molecule has 0 saturated carbocycles. The number of benzene rings is 1. The van der Waals surface area contributed by atoms with Crippen LogP contribution in [0.4, 0.5) is 0 Å². The number of amides is 3. The summed E-state index contributed by atoms with van der Waals surface area (Å²) in [5.74, 6) is -0.0860. The summed E-state index contributed by atoms with van der Waals surface area (Å²) in [5.41, 5.74) is 0.927. The second kappa shape index (κ2) is 11.4. The lowest BCUT2D eigenvalue weighted by molar-refractivity contribution is -0.132. The van der Waals surface area contributed by atoms with E-state index in [1.54, 1.807) is 4.90 Å². The normalized spacial score (nSPS) is 15.0. The van der Waals surface area contributed by atoms with Crippen LogP contribution < -0.4 is 5.32 Å². The van der Waals surface area contributed by atoms with Gasteiger partial charge in [0.1, 0.15) is 0 Å². The van der Waals surface area contributed by atoms with Gasteiger partial charge in [0.2, 0.25) is 17.7 Å². The van der Waals surface area contributed by atoms with Crippen molar-refractivity contribution in [3.63, 3.8) is 0 Å². The van der Waals surface area contributed by atoms with E-state index in [1.165, 1.54) is 0 Å². The van der Waals surface area contributed by atoms with Gasteiger partial charge in [0.25, 0.3) is 0 Å². The number of hydrogen-bond donors (Lipinski definition) is 1. The van der Waals surface area contributed by atoms with Crippen molar-refractivity contribution in [1.29, 1.82) is 0 Å². The van der Waals surface area contributed by atoms with Crippen LogP contribution in [-0.4, -0.2) is 84.8 Å². The van der Waals surface area contributed by atoms with Crippen LogP contribution in [0.3, 0.4) is 0 Å². The molecule has 1 aromatic rings. The average molecular weight is 389 g/mol. The Balaban J connectivity index is 1.74. The lowest BCUT2D eigenvalue weighted by atomic mass is 10.1. The predicted molar refractivity (Wildman–Crippen MR) is 109 cm³/mol. The van der Waals surface area contributed by atoms with Gasteiger partial charge in [-0.2, -0.15) is 0 Å². The summed E-state index contributed by atoms with van der Waals surface area (Å²) in [6.45, 7) is 8.54. The highest BCUT2D eigenvalue weighted by Gasteiger charge is 2.22. The number of carbonyl (C=O) groups is 3. The van der Waals surface area contributed by atoms with Gasteiger partial charge in [0.05, 0.1) is 19.5 Å². The highest BCUT2D eigenvalue weighted by molar-refractivity contribution is 5.85. The van der Waals surface area contributed by atoms with Gasteiger partial charge in [-0.15, -0.1) is 0 Å². The largest absolute Gasteiger partial charge is 0.347 e. The third-order valence-corrected chi connectivity index (χ3v) is 5.06. The Morgan fingerprint density at radius 1 is 1.00 bits per heavy atom. The zero-order valence-electron chi connectivity index (χ0n) is 17.0. The van der Waals surface area contributed by atoms with Crippen LogP contribution in [0.1, 0.15) is 25.8 Å². The fourth-order valence-corrected chi connectivity index (χ4v) is 3.38. The van der Waals surface area contributed by atoms with E-state index < -0.39 is 0 Å². The fourth-order valence-electron chi connectivity index (χ4n) is 3.38. The molecule has 1 N–H and O–H groups in total. The maximum Gasteiger partial charge on any atom is 0.242 e. The van der Waals surface area contributed by atoms with Crippen LogP contribution in [-0.2, 0) is 20.8 Å². The molecule has 1 aliphatic heterocycles. The molecular weight excluding hydrogens is 356 g/mol. The Morgan fingerprint density at radius 3 is 2.39 bits per heavy atom. The third-order valence-electron chi connectivity index (χ3n) is 5.06. The van der Waals surface area contributed by atoms with E-state index in [-0.39, 0.29) is 30.7 Å². The van der Waals surface area contributed by atoms with Gasteiger partial charge in [0, 0.05) is 39.3 Å². The van der Waals surface area contributed by atoms with E-state index in [4.69, 9.17) is 0 Å². The molecule has 1 aliphatic rings. The first-order chi connectivity index (χ1) is 13.5. The van der Waals surface area contributed by atoms with Crippen molar-refractivity contribution >= 4 is 17.7 Å². The molecule has 0 aliphatic carbocycles. The SMILES string of the molecule is CCN(CC)C(=O)CN1CCCN(C(=O)CNC(=O)Cc2ccccc2)CC1.